The van der Waals surface area contributed by atoms with E-state index in [0.29, 0.717) is 11.4 Å². The van der Waals surface area contributed by atoms with Gasteiger partial charge in [-0.25, -0.2) is 0 Å². The van der Waals surface area contributed by atoms with Crippen molar-refractivity contribution in [3.05, 3.63) is 38.9 Å². The van der Waals surface area contributed by atoms with E-state index in [1.165, 1.54) is 18.2 Å². The molecule has 0 aromatic heterocycles. The van der Waals surface area contributed by atoms with Gasteiger partial charge >= 0.3 is 0 Å². The number of nitro groups is 1. The lowest BCUT2D eigenvalue weighted by molar-refractivity contribution is -0.384. The molecule has 1 aromatic rings. The molecular formula is C9H11ClN2O2. The van der Waals surface area contributed by atoms with Gasteiger partial charge in [0.05, 0.1) is 4.92 Å². The van der Waals surface area contributed by atoms with Crippen LogP contribution in [-0.4, -0.2) is 11.0 Å². The quantitative estimate of drug-likeness (QED) is 0.619. The Morgan fingerprint density at radius 1 is 1.64 bits per heavy atom. The fourth-order valence-electron chi connectivity index (χ4n) is 1.18. The molecule has 5 heteroatoms. The van der Waals surface area contributed by atoms with E-state index in [4.69, 9.17) is 17.3 Å². The molecule has 1 aromatic carbocycles. The van der Waals surface area contributed by atoms with Gasteiger partial charge in [-0.05, 0) is 25.0 Å². The summed E-state index contributed by atoms with van der Waals surface area (Å²) in [6.45, 7) is 1.83. The van der Waals surface area contributed by atoms with Gasteiger partial charge in [0.15, 0.2) is 0 Å². The number of hydrogen-bond acceptors (Lipinski definition) is 3. The van der Waals surface area contributed by atoms with Crippen LogP contribution in [0.2, 0.25) is 5.02 Å². The molecule has 0 aliphatic heterocycles. The molecule has 0 saturated heterocycles. The van der Waals surface area contributed by atoms with Crippen molar-refractivity contribution >= 4 is 17.3 Å². The van der Waals surface area contributed by atoms with Crippen molar-refractivity contribution in [2.45, 2.75) is 19.4 Å². The van der Waals surface area contributed by atoms with E-state index in [1.54, 1.807) is 0 Å². The summed E-state index contributed by atoms with van der Waals surface area (Å²) in [6, 6.07) is 4.31. The molecule has 14 heavy (non-hydrogen) atoms. The van der Waals surface area contributed by atoms with Gasteiger partial charge in [-0.1, -0.05) is 11.6 Å². The molecule has 76 valence electrons. The van der Waals surface area contributed by atoms with Crippen LogP contribution >= 0.6 is 11.6 Å². The van der Waals surface area contributed by atoms with Crippen molar-refractivity contribution in [3.63, 3.8) is 0 Å². The maximum absolute atomic E-state index is 10.5. The second-order valence-corrected chi connectivity index (χ2v) is 3.62. The highest BCUT2D eigenvalue weighted by atomic mass is 35.5. The van der Waals surface area contributed by atoms with Crippen molar-refractivity contribution < 1.29 is 4.92 Å². The van der Waals surface area contributed by atoms with Gasteiger partial charge in [0.2, 0.25) is 0 Å². The zero-order chi connectivity index (χ0) is 10.7. The number of hydrogen-bond donors (Lipinski definition) is 1. The molecule has 0 aliphatic carbocycles. The highest BCUT2D eigenvalue weighted by Gasteiger charge is 2.10. The first kappa shape index (κ1) is 10.9. The average molecular weight is 215 g/mol. The summed E-state index contributed by atoms with van der Waals surface area (Å²) < 4.78 is 0. The van der Waals surface area contributed by atoms with Crippen LogP contribution < -0.4 is 5.73 Å². The summed E-state index contributed by atoms with van der Waals surface area (Å²) in [5.74, 6) is 0. The molecule has 0 fully saturated rings. The number of halogens is 1. The first-order valence-electron chi connectivity index (χ1n) is 4.19. The molecule has 0 bridgehead atoms. The summed E-state index contributed by atoms with van der Waals surface area (Å²) in [7, 11) is 0. The maximum atomic E-state index is 10.5. The number of non-ortho nitro benzene ring substituents is 1. The Bertz CT molecular complexity index is 353. The fourth-order valence-corrected chi connectivity index (χ4v) is 1.37. The predicted molar refractivity (Wildman–Crippen MR) is 55.5 cm³/mol. The van der Waals surface area contributed by atoms with Crippen LogP contribution in [0.1, 0.15) is 12.5 Å². The predicted octanol–water partition coefficient (Wildman–Crippen LogP) is 2.14. The summed E-state index contributed by atoms with van der Waals surface area (Å²) in [4.78, 5) is 10.0. The van der Waals surface area contributed by atoms with Crippen LogP contribution in [0.25, 0.3) is 0 Å². The molecule has 4 nitrogen and oxygen atoms in total. The van der Waals surface area contributed by atoms with Gasteiger partial charge in [-0.15, -0.1) is 0 Å². The molecular weight excluding hydrogens is 204 g/mol. The van der Waals surface area contributed by atoms with Crippen LogP contribution in [0, 0.1) is 10.1 Å². The number of rotatable bonds is 3. The number of nitro benzene ring substituents is 1. The zero-order valence-corrected chi connectivity index (χ0v) is 8.49. The first-order valence-corrected chi connectivity index (χ1v) is 4.57. The van der Waals surface area contributed by atoms with Gasteiger partial charge in [0, 0.05) is 23.2 Å². The van der Waals surface area contributed by atoms with Crippen LogP contribution in [0.5, 0.6) is 0 Å². The maximum Gasteiger partial charge on any atom is 0.269 e. The van der Waals surface area contributed by atoms with Crippen molar-refractivity contribution in [3.8, 4) is 0 Å². The lowest BCUT2D eigenvalue weighted by Gasteiger charge is -2.06. The average Bonchev–Trinajstić information content (AvgIpc) is 2.07. The van der Waals surface area contributed by atoms with E-state index in [1.807, 2.05) is 6.92 Å². The van der Waals surface area contributed by atoms with E-state index in [9.17, 15) is 10.1 Å². The third-order valence-corrected chi connectivity index (χ3v) is 2.15. The lowest BCUT2D eigenvalue weighted by atomic mass is 10.1. The van der Waals surface area contributed by atoms with Gasteiger partial charge in [-0.3, -0.25) is 10.1 Å². The Balaban J connectivity index is 3.02. The molecule has 1 rings (SSSR count). The minimum Gasteiger partial charge on any atom is -0.328 e. The number of nitrogens with zero attached hydrogens (tertiary/aromatic N) is 1. The van der Waals surface area contributed by atoms with Crippen LogP contribution in [0.3, 0.4) is 0 Å². The third kappa shape index (κ3) is 2.68. The molecule has 2 N–H and O–H groups in total. The standard InChI is InChI=1S/C9H11ClN2O2/c1-6(11)4-7-5-8(12(13)14)2-3-9(7)10/h2-3,5-6H,4,11H2,1H3/t6-/m1/s1. The van der Waals surface area contributed by atoms with E-state index in [-0.39, 0.29) is 11.7 Å². The summed E-state index contributed by atoms with van der Waals surface area (Å²) >= 11 is 5.87. The minimum atomic E-state index is -0.443. The van der Waals surface area contributed by atoms with Crippen LogP contribution in [0.15, 0.2) is 18.2 Å². The van der Waals surface area contributed by atoms with Crippen LogP contribution in [-0.2, 0) is 6.42 Å². The monoisotopic (exact) mass is 214 g/mol. The molecule has 0 aliphatic rings. The molecule has 1 atom stereocenters. The fraction of sp³-hybridized carbons (Fsp3) is 0.333. The van der Waals surface area contributed by atoms with Gasteiger partial charge in [0.25, 0.3) is 5.69 Å². The minimum absolute atomic E-state index is 0.0463. The Kier molecular flexibility index (Phi) is 3.43. The smallest absolute Gasteiger partial charge is 0.269 e. The Hall–Kier alpha value is -1.13. The van der Waals surface area contributed by atoms with Crippen molar-refractivity contribution in [1.82, 2.24) is 0 Å². The Labute approximate surface area is 86.8 Å². The van der Waals surface area contributed by atoms with Crippen molar-refractivity contribution in [2.24, 2.45) is 5.73 Å². The molecule has 0 radical (unpaired) electrons. The number of nitrogens with two attached hydrogens (primary N) is 1. The van der Waals surface area contributed by atoms with Gasteiger partial charge < -0.3 is 5.73 Å². The van der Waals surface area contributed by atoms with E-state index < -0.39 is 4.92 Å². The van der Waals surface area contributed by atoms with Crippen molar-refractivity contribution in [2.75, 3.05) is 0 Å². The lowest BCUT2D eigenvalue weighted by Crippen LogP contribution is -2.18. The van der Waals surface area contributed by atoms with E-state index in [0.717, 1.165) is 5.56 Å². The summed E-state index contributed by atoms with van der Waals surface area (Å²) in [5, 5.41) is 11.0. The van der Waals surface area contributed by atoms with Crippen LogP contribution in [0.4, 0.5) is 5.69 Å². The zero-order valence-electron chi connectivity index (χ0n) is 7.74. The second-order valence-electron chi connectivity index (χ2n) is 3.21. The topological polar surface area (TPSA) is 69.2 Å². The molecule has 0 amide bonds. The Morgan fingerprint density at radius 3 is 2.79 bits per heavy atom. The SMILES string of the molecule is C[C@@H](N)Cc1cc([N+](=O)[O-])ccc1Cl. The molecule has 0 spiro atoms. The van der Waals surface area contributed by atoms with E-state index in [2.05, 4.69) is 0 Å². The second kappa shape index (κ2) is 4.39. The van der Waals surface area contributed by atoms with Gasteiger partial charge in [-0.2, -0.15) is 0 Å². The summed E-state index contributed by atoms with van der Waals surface area (Å²) in [5.41, 5.74) is 6.36. The highest BCUT2D eigenvalue weighted by Crippen LogP contribution is 2.22. The first-order chi connectivity index (χ1) is 6.50. The van der Waals surface area contributed by atoms with Crippen molar-refractivity contribution in [1.29, 1.82) is 0 Å². The molecule has 0 unspecified atom stereocenters. The Morgan fingerprint density at radius 2 is 2.29 bits per heavy atom. The third-order valence-electron chi connectivity index (χ3n) is 1.78. The number of benzene rings is 1. The van der Waals surface area contributed by atoms with E-state index >= 15 is 0 Å². The summed E-state index contributed by atoms with van der Waals surface area (Å²) in [6.07, 6.45) is 0.542. The van der Waals surface area contributed by atoms with Gasteiger partial charge in [0.1, 0.15) is 0 Å². The molecule has 0 heterocycles. The largest absolute Gasteiger partial charge is 0.328 e. The normalized spacial score (nSPS) is 12.5. The molecule has 0 saturated carbocycles. The highest BCUT2D eigenvalue weighted by molar-refractivity contribution is 6.31.